The fraction of sp³-hybridized carbons (Fsp3) is 0.429. The zero-order chi connectivity index (χ0) is 21.8. The first kappa shape index (κ1) is 21.8. The lowest BCUT2D eigenvalue weighted by Crippen LogP contribution is -2.21. The number of aryl methyl sites for hydroxylation is 1. The lowest BCUT2D eigenvalue weighted by atomic mass is 9.88. The Labute approximate surface area is 178 Å². The van der Waals surface area contributed by atoms with Crippen LogP contribution in [-0.2, 0) is 22.4 Å². The molecule has 1 N–H and O–H groups in total. The largest absolute Gasteiger partial charge is 0.484 e. The standard InChI is InChI=1S/C21H24N2O6S/c1-4-28-21(25)19-15-7-5-12(2)9-17(15)30-20(19)22-18(24)11-29-14-6-8-16(23(26)27)13(3)10-14/h6,8,10,12H,4-5,7,9,11H2,1-3H3,(H,22,24). The molecular weight excluding hydrogens is 408 g/mol. The van der Waals surface area contributed by atoms with Gasteiger partial charge in [-0.1, -0.05) is 6.92 Å². The molecule has 1 aromatic heterocycles. The normalized spacial score (nSPS) is 15.2. The third-order valence-corrected chi connectivity index (χ3v) is 6.15. The summed E-state index contributed by atoms with van der Waals surface area (Å²) in [5.74, 6) is 0.0524. The first-order valence-electron chi connectivity index (χ1n) is 9.79. The quantitative estimate of drug-likeness (QED) is 0.397. The number of hydrogen-bond donors (Lipinski definition) is 1. The predicted molar refractivity (Wildman–Crippen MR) is 113 cm³/mol. The van der Waals surface area contributed by atoms with E-state index in [1.165, 1.54) is 29.5 Å². The summed E-state index contributed by atoms with van der Waals surface area (Å²) in [6.07, 6.45) is 2.66. The molecule has 0 saturated carbocycles. The molecular formula is C21H24N2O6S. The Morgan fingerprint density at radius 2 is 2.13 bits per heavy atom. The van der Waals surface area contributed by atoms with Gasteiger partial charge in [0.05, 0.1) is 17.1 Å². The van der Waals surface area contributed by atoms with Crippen LogP contribution in [0.15, 0.2) is 18.2 Å². The number of carbonyl (C=O) groups excluding carboxylic acids is 2. The van der Waals surface area contributed by atoms with Gasteiger partial charge in [-0.3, -0.25) is 14.9 Å². The third-order valence-electron chi connectivity index (χ3n) is 4.98. The second kappa shape index (κ2) is 9.25. The fourth-order valence-corrected chi connectivity index (χ4v) is 4.91. The minimum Gasteiger partial charge on any atom is -0.484 e. The van der Waals surface area contributed by atoms with Gasteiger partial charge in [-0.2, -0.15) is 0 Å². The number of esters is 1. The van der Waals surface area contributed by atoms with Crippen LogP contribution in [0.4, 0.5) is 10.7 Å². The maximum Gasteiger partial charge on any atom is 0.341 e. The molecule has 160 valence electrons. The van der Waals surface area contributed by atoms with E-state index in [1.807, 2.05) is 0 Å². The van der Waals surface area contributed by atoms with E-state index in [9.17, 15) is 19.7 Å². The number of nitrogens with one attached hydrogen (secondary N) is 1. The minimum atomic E-state index is -0.470. The number of carbonyl (C=O) groups is 2. The number of amides is 1. The van der Waals surface area contributed by atoms with Crippen molar-refractivity contribution >= 4 is 33.9 Å². The van der Waals surface area contributed by atoms with E-state index in [0.717, 1.165) is 29.7 Å². The zero-order valence-corrected chi connectivity index (χ0v) is 18.0. The van der Waals surface area contributed by atoms with Gasteiger partial charge < -0.3 is 14.8 Å². The van der Waals surface area contributed by atoms with E-state index in [2.05, 4.69) is 12.2 Å². The zero-order valence-electron chi connectivity index (χ0n) is 17.1. The number of nitrogens with zero attached hydrogens (tertiary/aromatic N) is 1. The van der Waals surface area contributed by atoms with E-state index >= 15 is 0 Å². The summed E-state index contributed by atoms with van der Waals surface area (Å²) in [6.45, 7) is 5.50. The molecule has 0 fully saturated rings. The van der Waals surface area contributed by atoms with E-state index in [-0.39, 0.29) is 18.9 Å². The van der Waals surface area contributed by atoms with Gasteiger partial charge in [-0.25, -0.2) is 4.79 Å². The van der Waals surface area contributed by atoms with Crippen molar-refractivity contribution < 1.29 is 24.0 Å². The topological polar surface area (TPSA) is 108 Å². The van der Waals surface area contributed by atoms with E-state index in [1.54, 1.807) is 13.8 Å². The van der Waals surface area contributed by atoms with Crippen LogP contribution in [0.5, 0.6) is 5.75 Å². The molecule has 1 unspecified atom stereocenters. The van der Waals surface area contributed by atoms with E-state index < -0.39 is 16.8 Å². The Balaban J connectivity index is 1.72. The van der Waals surface area contributed by atoms with Crippen LogP contribution in [0.1, 0.15) is 46.6 Å². The molecule has 0 aliphatic heterocycles. The molecule has 1 aliphatic carbocycles. The SMILES string of the molecule is CCOC(=O)c1c(NC(=O)COc2ccc([N+](=O)[O-])c(C)c2)sc2c1CCC(C)C2. The summed E-state index contributed by atoms with van der Waals surface area (Å²) in [4.78, 5) is 36.5. The second-order valence-electron chi connectivity index (χ2n) is 7.32. The molecule has 1 heterocycles. The molecule has 0 radical (unpaired) electrons. The molecule has 9 heteroatoms. The fourth-order valence-electron chi connectivity index (χ4n) is 3.49. The van der Waals surface area contributed by atoms with Crippen LogP contribution < -0.4 is 10.1 Å². The lowest BCUT2D eigenvalue weighted by Gasteiger charge is -2.18. The Morgan fingerprint density at radius 1 is 1.37 bits per heavy atom. The molecule has 1 atom stereocenters. The van der Waals surface area contributed by atoms with Crippen molar-refractivity contribution in [3.63, 3.8) is 0 Å². The van der Waals surface area contributed by atoms with Crippen LogP contribution in [0.3, 0.4) is 0 Å². The highest BCUT2D eigenvalue weighted by molar-refractivity contribution is 7.17. The third kappa shape index (κ3) is 4.79. The molecule has 1 aliphatic rings. The van der Waals surface area contributed by atoms with Gasteiger partial charge >= 0.3 is 5.97 Å². The summed E-state index contributed by atoms with van der Waals surface area (Å²) in [7, 11) is 0. The molecule has 1 aromatic carbocycles. The van der Waals surface area contributed by atoms with E-state index in [0.29, 0.717) is 27.8 Å². The maximum atomic E-state index is 12.5. The van der Waals surface area contributed by atoms with Crippen LogP contribution >= 0.6 is 11.3 Å². The summed E-state index contributed by atoms with van der Waals surface area (Å²) < 4.78 is 10.7. The average Bonchev–Trinajstić information content (AvgIpc) is 3.03. The predicted octanol–water partition coefficient (Wildman–Crippen LogP) is 4.28. The monoisotopic (exact) mass is 432 g/mol. The highest BCUT2D eigenvalue weighted by Gasteiger charge is 2.29. The molecule has 0 spiro atoms. The van der Waals surface area contributed by atoms with Gasteiger partial charge in [0.25, 0.3) is 11.6 Å². The Hall–Kier alpha value is -2.94. The Bertz CT molecular complexity index is 984. The summed E-state index contributed by atoms with van der Waals surface area (Å²) in [5.41, 5.74) is 1.86. The van der Waals surface area contributed by atoms with Crippen LogP contribution in [0.2, 0.25) is 0 Å². The smallest absolute Gasteiger partial charge is 0.341 e. The number of benzene rings is 1. The molecule has 2 aromatic rings. The highest BCUT2D eigenvalue weighted by atomic mass is 32.1. The van der Waals surface area contributed by atoms with Crippen LogP contribution in [-0.4, -0.2) is 30.0 Å². The Kier molecular flexibility index (Phi) is 6.71. The number of thiophene rings is 1. The number of hydrogen-bond acceptors (Lipinski definition) is 7. The Morgan fingerprint density at radius 3 is 2.80 bits per heavy atom. The van der Waals surface area contributed by atoms with Gasteiger partial charge in [-0.15, -0.1) is 11.3 Å². The molecule has 8 nitrogen and oxygen atoms in total. The van der Waals surface area contributed by atoms with Crippen molar-refractivity contribution in [1.29, 1.82) is 0 Å². The average molecular weight is 432 g/mol. The van der Waals surface area contributed by atoms with Crippen molar-refractivity contribution in [3.05, 3.63) is 49.9 Å². The number of ether oxygens (including phenoxy) is 2. The molecule has 1 amide bonds. The number of rotatable bonds is 7. The van der Waals surface area contributed by atoms with Gasteiger partial charge in [-0.05, 0) is 56.7 Å². The summed E-state index contributed by atoms with van der Waals surface area (Å²) in [5, 5.41) is 14.2. The first-order valence-corrected chi connectivity index (χ1v) is 10.6. The van der Waals surface area contributed by atoms with Gasteiger partial charge in [0.1, 0.15) is 10.8 Å². The molecule has 0 saturated heterocycles. The van der Waals surface area contributed by atoms with Gasteiger partial charge in [0.2, 0.25) is 0 Å². The second-order valence-corrected chi connectivity index (χ2v) is 8.42. The first-order chi connectivity index (χ1) is 14.3. The number of fused-ring (bicyclic) bond motifs is 1. The molecule has 30 heavy (non-hydrogen) atoms. The molecule has 3 rings (SSSR count). The summed E-state index contributed by atoms with van der Waals surface area (Å²) >= 11 is 1.41. The number of nitro groups is 1. The molecule has 0 bridgehead atoms. The van der Waals surface area contributed by atoms with Gasteiger partial charge in [0, 0.05) is 16.5 Å². The number of nitro benzene ring substituents is 1. The van der Waals surface area contributed by atoms with Crippen LogP contribution in [0, 0.1) is 23.0 Å². The summed E-state index contributed by atoms with van der Waals surface area (Å²) in [6, 6.07) is 4.31. The van der Waals surface area contributed by atoms with Gasteiger partial charge in [0.15, 0.2) is 6.61 Å². The van der Waals surface area contributed by atoms with Crippen molar-refractivity contribution in [2.45, 2.75) is 40.0 Å². The highest BCUT2D eigenvalue weighted by Crippen LogP contribution is 2.40. The van der Waals surface area contributed by atoms with Crippen molar-refractivity contribution in [2.24, 2.45) is 5.92 Å². The lowest BCUT2D eigenvalue weighted by molar-refractivity contribution is -0.385. The number of anilines is 1. The van der Waals surface area contributed by atoms with E-state index in [4.69, 9.17) is 9.47 Å². The maximum absolute atomic E-state index is 12.5. The van der Waals surface area contributed by atoms with Crippen molar-refractivity contribution in [2.75, 3.05) is 18.5 Å². The van der Waals surface area contributed by atoms with Crippen molar-refractivity contribution in [3.8, 4) is 5.75 Å². The van der Waals surface area contributed by atoms with Crippen molar-refractivity contribution in [1.82, 2.24) is 0 Å². The van der Waals surface area contributed by atoms with Crippen LogP contribution in [0.25, 0.3) is 0 Å². The minimum absolute atomic E-state index is 0.00993.